The zero-order valence-electron chi connectivity index (χ0n) is 12.3. The van der Waals surface area contributed by atoms with E-state index in [0.29, 0.717) is 43.9 Å². The first-order chi connectivity index (χ1) is 10.7. The van der Waals surface area contributed by atoms with Crippen LogP contribution < -0.4 is 5.32 Å². The summed E-state index contributed by atoms with van der Waals surface area (Å²) in [7, 11) is 0. The molecule has 0 unspecified atom stereocenters. The summed E-state index contributed by atoms with van der Waals surface area (Å²) in [6.45, 7) is 6.10. The molecule has 1 aromatic carbocycles. The largest absolute Gasteiger partial charge is 0.349 e. The van der Waals surface area contributed by atoms with E-state index in [4.69, 9.17) is 0 Å². The van der Waals surface area contributed by atoms with Crippen LogP contribution in [0.1, 0.15) is 20.7 Å². The van der Waals surface area contributed by atoms with E-state index in [1.54, 1.807) is 40.1 Å². The molecule has 6 nitrogen and oxygen atoms in total. The van der Waals surface area contributed by atoms with Gasteiger partial charge in [0.25, 0.3) is 11.8 Å². The van der Waals surface area contributed by atoms with Gasteiger partial charge in [-0.15, -0.1) is 6.58 Å². The zero-order chi connectivity index (χ0) is 15.9. The van der Waals surface area contributed by atoms with Gasteiger partial charge in [0.15, 0.2) is 0 Å². The molecule has 1 heterocycles. The Morgan fingerprint density at radius 3 is 2.23 bits per heavy atom. The standard InChI is InChI=1S/C16H19N3O3/c1-2-7-17-15(21)13-3-5-14(6-4-13)16(22)19-10-8-18(12-20)9-11-19/h2-6,12H,1,7-11H2,(H,17,21). The molecule has 1 N–H and O–H groups in total. The molecule has 6 heteroatoms. The van der Waals surface area contributed by atoms with E-state index < -0.39 is 0 Å². The highest BCUT2D eigenvalue weighted by Gasteiger charge is 2.21. The van der Waals surface area contributed by atoms with E-state index in [1.807, 2.05) is 0 Å². The monoisotopic (exact) mass is 301 g/mol. The minimum atomic E-state index is -0.196. The highest BCUT2D eigenvalue weighted by atomic mass is 16.2. The Kier molecular flexibility index (Phi) is 5.30. The smallest absolute Gasteiger partial charge is 0.253 e. The van der Waals surface area contributed by atoms with Crippen molar-refractivity contribution < 1.29 is 14.4 Å². The van der Waals surface area contributed by atoms with Crippen LogP contribution in [0.4, 0.5) is 0 Å². The number of amides is 3. The molecule has 0 spiro atoms. The van der Waals surface area contributed by atoms with Gasteiger partial charge in [-0.05, 0) is 24.3 Å². The predicted molar refractivity (Wildman–Crippen MR) is 82.5 cm³/mol. The third-order valence-corrected chi connectivity index (χ3v) is 3.55. The molecule has 0 radical (unpaired) electrons. The third-order valence-electron chi connectivity index (χ3n) is 3.55. The van der Waals surface area contributed by atoms with Crippen LogP contribution in [-0.2, 0) is 4.79 Å². The van der Waals surface area contributed by atoms with Gasteiger partial charge in [0.1, 0.15) is 0 Å². The number of rotatable bonds is 5. The molecule has 1 aromatic rings. The fourth-order valence-corrected chi connectivity index (χ4v) is 2.24. The van der Waals surface area contributed by atoms with Crippen molar-refractivity contribution in [2.75, 3.05) is 32.7 Å². The quantitative estimate of drug-likeness (QED) is 0.636. The van der Waals surface area contributed by atoms with Gasteiger partial charge in [0.05, 0.1) is 0 Å². The minimum Gasteiger partial charge on any atom is -0.349 e. The molecule has 0 bridgehead atoms. The Hall–Kier alpha value is -2.63. The normalized spacial score (nSPS) is 14.4. The van der Waals surface area contributed by atoms with Crippen molar-refractivity contribution in [3.63, 3.8) is 0 Å². The lowest BCUT2D eigenvalue weighted by Gasteiger charge is -2.32. The first-order valence-electron chi connectivity index (χ1n) is 7.13. The number of nitrogens with one attached hydrogen (secondary N) is 1. The summed E-state index contributed by atoms with van der Waals surface area (Å²) in [6.07, 6.45) is 2.41. The van der Waals surface area contributed by atoms with E-state index in [2.05, 4.69) is 11.9 Å². The van der Waals surface area contributed by atoms with Crippen molar-refractivity contribution >= 4 is 18.2 Å². The van der Waals surface area contributed by atoms with Gasteiger partial charge in [-0.1, -0.05) is 6.08 Å². The Labute approximate surface area is 129 Å². The zero-order valence-corrected chi connectivity index (χ0v) is 12.3. The second-order valence-electron chi connectivity index (χ2n) is 5.01. The highest BCUT2D eigenvalue weighted by molar-refractivity contribution is 5.97. The summed E-state index contributed by atoms with van der Waals surface area (Å²) in [5, 5.41) is 2.68. The molecule has 22 heavy (non-hydrogen) atoms. The van der Waals surface area contributed by atoms with Crippen molar-refractivity contribution in [1.29, 1.82) is 0 Å². The fourth-order valence-electron chi connectivity index (χ4n) is 2.24. The van der Waals surface area contributed by atoms with E-state index in [0.717, 1.165) is 6.41 Å². The molecule has 1 aliphatic heterocycles. The topological polar surface area (TPSA) is 69.7 Å². The van der Waals surface area contributed by atoms with Crippen LogP contribution in [0.3, 0.4) is 0 Å². The van der Waals surface area contributed by atoms with Gasteiger partial charge in [-0.2, -0.15) is 0 Å². The van der Waals surface area contributed by atoms with E-state index in [9.17, 15) is 14.4 Å². The van der Waals surface area contributed by atoms with Crippen molar-refractivity contribution in [3.05, 3.63) is 48.0 Å². The first-order valence-corrected chi connectivity index (χ1v) is 7.13. The summed E-state index contributed by atoms with van der Waals surface area (Å²) in [4.78, 5) is 38.1. The van der Waals surface area contributed by atoms with Gasteiger partial charge in [-0.25, -0.2) is 0 Å². The maximum Gasteiger partial charge on any atom is 0.253 e. The molecule has 3 amide bonds. The molecule has 0 atom stereocenters. The lowest BCUT2D eigenvalue weighted by atomic mass is 10.1. The summed E-state index contributed by atoms with van der Waals surface area (Å²) >= 11 is 0. The summed E-state index contributed by atoms with van der Waals surface area (Å²) in [6, 6.07) is 6.56. The SMILES string of the molecule is C=CCNC(=O)c1ccc(C(=O)N2CCN(C=O)CC2)cc1. The average molecular weight is 301 g/mol. The third kappa shape index (κ3) is 3.72. The van der Waals surface area contributed by atoms with Crippen LogP contribution >= 0.6 is 0 Å². The molecular weight excluding hydrogens is 282 g/mol. The van der Waals surface area contributed by atoms with Crippen molar-refractivity contribution in [2.45, 2.75) is 0 Å². The number of piperazine rings is 1. The molecule has 1 saturated heterocycles. The van der Waals surface area contributed by atoms with E-state index >= 15 is 0 Å². The first kappa shape index (κ1) is 15.8. The Balaban J connectivity index is 1.98. The van der Waals surface area contributed by atoms with Crippen LogP contribution in [-0.4, -0.2) is 60.7 Å². The number of nitrogens with zero attached hydrogens (tertiary/aromatic N) is 2. The molecule has 1 fully saturated rings. The number of hydrogen-bond donors (Lipinski definition) is 1. The highest BCUT2D eigenvalue weighted by Crippen LogP contribution is 2.10. The van der Waals surface area contributed by atoms with Gasteiger partial charge in [0.2, 0.25) is 6.41 Å². The molecule has 0 aliphatic carbocycles. The van der Waals surface area contributed by atoms with E-state index in [-0.39, 0.29) is 11.8 Å². The Morgan fingerprint density at radius 1 is 1.09 bits per heavy atom. The molecule has 1 aliphatic rings. The predicted octanol–water partition coefficient (Wildman–Crippen LogP) is 0.517. The maximum absolute atomic E-state index is 12.4. The molecule has 2 rings (SSSR count). The van der Waals surface area contributed by atoms with Crippen LogP contribution in [0, 0.1) is 0 Å². The summed E-state index contributed by atoms with van der Waals surface area (Å²) in [5.41, 5.74) is 1.05. The van der Waals surface area contributed by atoms with Crippen molar-refractivity contribution in [1.82, 2.24) is 15.1 Å². The van der Waals surface area contributed by atoms with Crippen LogP contribution in [0.5, 0.6) is 0 Å². The van der Waals surface area contributed by atoms with Gasteiger partial charge < -0.3 is 15.1 Å². The number of hydrogen-bond acceptors (Lipinski definition) is 3. The lowest BCUT2D eigenvalue weighted by molar-refractivity contribution is -0.119. The molecule has 0 aromatic heterocycles. The lowest BCUT2D eigenvalue weighted by Crippen LogP contribution is -2.48. The summed E-state index contributed by atoms with van der Waals surface area (Å²) < 4.78 is 0. The van der Waals surface area contributed by atoms with Crippen LogP contribution in [0.2, 0.25) is 0 Å². The van der Waals surface area contributed by atoms with Gasteiger partial charge in [-0.3, -0.25) is 14.4 Å². The Morgan fingerprint density at radius 2 is 1.68 bits per heavy atom. The number of carbonyl (C=O) groups excluding carboxylic acids is 3. The fraction of sp³-hybridized carbons (Fsp3) is 0.312. The van der Waals surface area contributed by atoms with Crippen molar-refractivity contribution in [2.24, 2.45) is 0 Å². The molecule has 0 saturated carbocycles. The van der Waals surface area contributed by atoms with Crippen molar-refractivity contribution in [3.8, 4) is 0 Å². The number of benzene rings is 1. The second-order valence-corrected chi connectivity index (χ2v) is 5.01. The average Bonchev–Trinajstić information content (AvgIpc) is 2.59. The molecule has 116 valence electrons. The van der Waals surface area contributed by atoms with Crippen LogP contribution in [0.25, 0.3) is 0 Å². The second kappa shape index (κ2) is 7.40. The summed E-state index contributed by atoms with van der Waals surface area (Å²) in [5.74, 6) is -0.276. The van der Waals surface area contributed by atoms with Crippen LogP contribution in [0.15, 0.2) is 36.9 Å². The van der Waals surface area contributed by atoms with E-state index in [1.165, 1.54) is 0 Å². The minimum absolute atomic E-state index is 0.0800. The Bertz CT molecular complexity index is 561. The number of carbonyl (C=O) groups is 3. The van der Waals surface area contributed by atoms with Gasteiger partial charge in [0, 0.05) is 43.9 Å². The molecular formula is C16H19N3O3. The van der Waals surface area contributed by atoms with Gasteiger partial charge >= 0.3 is 0 Å². The maximum atomic E-state index is 12.4.